The van der Waals surface area contributed by atoms with Crippen molar-refractivity contribution in [1.29, 1.82) is 0 Å². The lowest BCUT2D eigenvalue weighted by Crippen LogP contribution is -2.41. The molecule has 2 rings (SSSR count). The number of hydrogen-bond acceptors (Lipinski definition) is 7. The van der Waals surface area contributed by atoms with Crippen LogP contribution < -0.4 is 11.2 Å². The molecule has 5 atom stereocenters. The summed E-state index contributed by atoms with van der Waals surface area (Å²) in [6.07, 6.45) is -3.39. The highest BCUT2D eigenvalue weighted by Crippen LogP contribution is 2.31. The van der Waals surface area contributed by atoms with Crippen molar-refractivity contribution < 1.29 is 24.8 Å². The van der Waals surface area contributed by atoms with E-state index in [9.17, 15) is 19.8 Å². The van der Waals surface area contributed by atoms with Crippen LogP contribution in [0, 0.1) is 6.92 Å². The molecule has 3 unspecified atom stereocenters. The number of aryl methyl sites for hydroxylation is 1. The largest absolute Gasteiger partial charge is 0.394 e. The Morgan fingerprint density at radius 2 is 2.14 bits per heavy atom. The first-order valence-electron chi connectivity index (χ1n) is 6.91. The fourth-order valence-electron chi connectivity index (χ4n) is 2.33. The van der Waals surface area contributed by atoms with Gasteiger partial charge in [0.05, 0.1) is 19.3 Å². The van der Waals surface area contributed by atoms with Gasteiger partial charge in [0.25, 0.3) is 5.56 Å². The van der Waals surface area contributed by atoms with Gasteiger partial charge in [-0.3, -0.25) is 14.3 Å². The molecule has 0 spiro atoms. The summed E-state index contributed by atoms with van der Waals surface area (Å²) in [5.74, 6) is 0. The quantitative estimate of drug-likeness (QED) is 0.487. The van der Waals surface area contributed by atoms with Gasteiger partial charge in [0.15, 0.2) is 6.23 Å². The second-order valence-electron chi connectivity index (χ2n) is 5.31. The van der Waals surface area contributed by atoms with Crippen molar-refractivity contribution in [2.24, 2.45) is 0 Å². The van der Waals surface area contributed by atoms with E-state index < -0.39 is 48.5 Å². The van der Waals surface area contributed by atoms with Gasteiger partial charge in [0, 0.05) is 11.8 Å². The maximum atomic E-state index is 12.0. The SMILES string of the molecule is Cc1cn([C@@H]2O[C@H](CO)C(O)C2OC(C)CO)c(=O)[nH]c1=O. The summed E-state index contributed by atoms with van der Waals surface area (Å²) in [5.41, 5.74) is -0.935. The molecule has 1 aliphatic heterocycles. The second kappa shape index (κ2) is 6.71. The molecule has 0 aliphatic carbocycles. The summed E-state index contributed by atoms with van der Waals surface area (Å²) in [6.45, 7) is 2.38. The minimum Gasteiger partial charge on any atom is -0.394 e. The normalized spacial score (nSPS) is 29.7. The summed E-state index contributed by atoms with van der Waals surface area (Å²) in [4.78, 5) is 25.5. The number of aromatic amines is 1. The van der Waals surface area contributed by atoms with Crippen molar-refractivity contribution in [3.8, 4) is 0 Å². The van der Waals surface area contributed by atoms with Crippen LogP contribution in [-0.4, -0.2) is 62.5 Å². The van der Waals surface area contributed by atoms with Gasteiger partial charge in [-0.1, -0.05) is 0 Å². The molecule has 22 heavy (non-hydrogen) atoms. The third-order valence-electron chi connectivity index (χ3n) is 3.56. The molecule has 1 aliphatic rings. The van der Waals surface area contributed by atoms with Crippen LogP contribution in [0.25, 0.3) is 0 Å². The van der Waals surface area contributed by atoms with Gasteiger partial charge in [0.2, 0.25) is 0 Å². The maximum Gasteiger partial charge on any atom is 0.330 e. The fourth-order valence-corrected chi connectivity index (χ4v) is 2.33. The van der Waals surface area contributed by atoms with E-state index in [2.05, 4.69) is 4.98 Å². The molecule has 1 fully saturated rings. The Kier molecular flexibility index (Phi) is 5.14. The van der Waals surface area contributed by atoms with Crippen LogP contribution in [-0.2, 0) is 9.47 Å². The van der Waals surface area contributed by atoms with Gasteiger partial charge in [-0.25, -0.2) is 4.79 Å². The van der Waals surface area contributed by atoms with Gasteiger partial charge in [-0.05, 0) is 13.8 Å². The van der Waals surface area contributed by atoms with Crippen LogP contribution in [0.5, 0.6) is 0 Å². The van der Waals surface area contributed by atoms with E-state index in [1.54, 1.807) is 6.92 Å². The number of aromatic nitrogens is 2. The lowest BCUT2D eigenvalue weighted by Gasteiger charge is -2.25. The van der Waals surface area contributed by atoms with E-state index in [4.69, 9.17) is 14.6 Å². The molecule has 0 amide bonds. The van der Waals surface area contributed by atoms with Gasteiger partial charge in [0.1, 0.15) is 18.3 Å². The first kappa shape index (κ1) is 16.8. The van der Waals surface area contributed by atoms with Crippen LogP contribution in [0.2, 0.25) is 0 Å². The zero-order valence-corrected chi connectivity index (χ0v) is 12.3. The first-order valence-corrected chi connectivity index (χ1v) is 6.91. The highest BCUT2D eigenvalue weighted by Gasteiger charge is 2.46. The lowest BCUT2D eigenvalue weighted by atomic mass is 10.1. The third kappa shape index (κ3) is 3.13. The van der Waals surface area contributed by atoms with Crippen LogP contribution in [0.1, 0.15) is 18.7 Å². The molecule has 1 aromatic rings. The van der Waals surface area contributed by atoms with Gasteiger partial charge in [-0.2, -0.15) is 0 Å². The summed E-state index contributed by atoms with van der Waals surface area (Å²) >= 11 is 0. The number of H-pyrrole nitrogens is 1. The maximum absolute atomic E-state index is 12.0. The molecule has 0 bridgehead atoms. The van der Waals surface area contributed by atoms with Crippen molar-refractivity contribution in [2.75, 3.05) is 13.2 Å². The van der Waals surface area contributed by atoms with Gasteiger partial charge >= 0.3 is 5.69 Å². The second-order valence-corrected chi connectivity index (χ2v) is 5.31. The van der Waals surface area contributed by atoms with Crippen LogP contribution in [0.3, 0.4) is 0 Å². The van der Waals surface area contributed by atoms with E-state index in [0.29, 0.717) is 5.56 Å². The zero-order chi connectivity index (χ0) is 16.4. The summed E-state index contributed by atoms with van der Waals surface area (Å²) in [7, 11) is 0. The molecule has 4 N–H and O–H groups in total. The Labute approximate surface area is 125 Å². The fraction of sp³-hybridized carbons (Fsp3) is 0.692. The number of nitrogens with zero attached hydrogens (tertiary/aromatic N) is 1. The third-order valence-corrected chi connectivity index (χ3v) is 3.56. The summed E-state index contributed by atoms with van der Waals surface area (Å²) in [5, 5.41) is 28.5. The van der Waals surface area contributed by atoms with Crippen molar-refractivity contribution in [3.05, 3.63) is 32.6 Å². The molecule has 9 heteroatoms. The topological polar surface area (TPSA) is 134 Å². The molecule has 1 saturated heterocycles. The van der Waals surface area contributed by atoms with Crippen LogP contribution in [0.4, 0.5) is 0 Å². The van der Waals surface area contributed by atoms with E-state index in [-0.39, 0.29) is 6.61 Å². The minimum absolute atomic E-state index is 0.278. The van der Waals surface area contributed by atoms with Crippen molar-refractivity contribution in [1.82, 2.24) is 9.55 Å². The summed E-state index contributed by atoms with van der Waals surface area (Å²) in [6, 6.07) is 0. The van der Waals surface area contributed by atoms with E-state index in [0.717, 1.165) is 4.57 Å². The minimum atomic E-state index is -1.18. The van der Waals surface area contributed by atoms with Crippen molar-refractivity contribution in [3.63, 3.8) is 0 Å². The number of hydrogen-bond donors (Lipinski definition) is 4. The molecule has 0 aromatic carbocycles. The predicted molar refractivity (Wildman–Crippen MR) is 74.5 cm³/mol. The Bertz CT molecular complexity index is 626. The monoisotopic (exact) mass is 316 g/mol. The Hall–Kier alpha value is -1.52. The summed E-state index contributed by atoms with van der Waals surface area (Å²) < 4.78 is 12.1. The molecule has 0 radical (unpaired) electrons. The van der Waals surface area contributed by atoms with E-state index in [1.807, 2.05) is 0 Å². The lowest BCUT2D eigenvalue weighted by molar-refractivity contribution is -0.108. The Morgan fingerprint density at radius 3 is 2.73 bits per heavy atom. The Morgan fingerprint density at radius 1 is 1.45 bits per heavy atom. The molecule has 124 valence electrons. The van der Waals surface area contributed by atoms with Crippen LogP contribution in [0.15, 0.2) is 15.8 Å². The van der Waals surface area contributed by atoms with Gasteiger partial charge < -0.3 is 24.8 Å². The van der Waals surface area contributed by atoms with Gasteiger partial charge in [-0.15, -0.1) is 0 Å². The molecule has 1 aromatic heterocycles. The average Bonchev–Trinajstić information content (AvgIpc) is 2.79. The predicted octanol–water partition coefficient (Wildman–Crippen LogP) is -2.14. The molecule has 9 nitrogen and oxygen atoms in total. The zero-order valence-electron chi connectivity index (χ0n) is 12.3. The number of rotatable bonds is 5. The standard InChI is InChI=1S/C13H20N2O7/c1-6-3-15(13(20)14-11(6)19)12-10(21-7(2)4-16)9(18)8(5-17)22-12/h3,7-10,12,16-18H,4-5H2,1-2H3,(H,14,19,20)/t7?,8-,9?,10?,12-/m1/s1. The van der Waals surface area contributed by atoms with Crippen molar-refractivity contribution in [2.45, 2.75) is 44.5 Å². The first-order chi connectivity index (χ1) is 10.4. The molecular weight excluding hydrogens is 296 g/mol. The van der Waals surface area contributed by atoms with E-state index in [1.165, 1.54) is 13.1 Å². The molecule has 2 heterocycles. The number of ether oxygens (including phenoxy) is 2. The number of aliphatic hydroxyl groups excluding tert-OH is 3. The highest BCUT2D eigenvalue weighted by molar-refractivity contribution is 5.03. The molecule has 0 saturated carbocycles. The smallest absolute Gasteiger partial charge is 0.330 e. The molecular formula is C13H20N2O7. The Balaban J connectivity index is 2.40. The number of nitrogens with one attached hydrogen (secondary N) is 1. The highest BCUT2D eigenvalue weighted by atomic mass is 16.6. The average molecular weight is 316 g/mol. The van der Waals surface area contributed by atoms with Crippen LogP contribution >= 0.6 is 0 Å². The van der Waals surface area contributed by atoms with Crippen molar-refractivity contribution >= 4 is 0 Å². The van der Waals surface area contributed by atoms with E-state index >= 15 is 0 Å². The number of aliphatic hydroxyl groups is 3.